The number of alkyl halides is 3. The van der Waals surface area contributed by atoms with Gasteiger partial charge in [0.05, 0.1) is 22.3 Å². The van der Waals surface area contributed by atoms with Gasteiger partial charge in [-0.15, -0.1) is 0 Å². The van der Waals surface area contributed by atoms with E-state index >= 15 is 0 Å². The van der Waals surface area contributed by atoms with E-state index in [4.69, 9.17) is 0 Å². The van der Waals surface area contributed by atoms with Gasteiger partial charge in [0.25, 0.3) is 0 Å². The SMILES string of the molecule is Cc1nn(C)cc1CN1CCC(n2c(C)nc3cc(C(F)(F)F)ccc32)CC1. The number of imidazole rings is 1. The van der Waals surface area contributed by atoms with Gasteiger partial charge >= 0.3 is 6.18 Å². The summed E-state index contributed by atoms with van der Waals surface area (Å²) in [6, 6.07) is 4.12. The van der Waals surface area contributed by atoms with Gasteiger partial charge in [-0.2, -0.15) is 18.3 Å². The number of rotatable bonds is 3. The van der Waals surface area contributed by atoms with Crippen LogP contribution in [0.5, 0.6) is 0 Å². The number of aromatic nitrogens is 4. The summed E-state index contributed by atoms with van der Waals surface area (Å²) in [6.07, 6.45) is -0.381. The highest BCUT2D eigenvalue weighted by Gasteiger charge is 2.31. The van der Waals surface area contributed by atoms with Crippen LogP contribution in [0.1, 0.15) is 41.5 Å². The maximum Gasteiger partial charge on any atom is 0.416 e. The quantitative estimate of drug-likeness (QED) is 0.670. The normalized spacial score (nSPS) is 16.9. The summed E-state index contributed by atoms with van der Waals surface area (Å²) in [4.78, 5) is 6.82. The van der Waals surface area contributed by atoms with Crippen molar-refractivity contribution in [1.29, 1.82) is 0 Å². The standard InChI is InChI=1S/C20H24F3N5/c1-13-15(11-26(3)25-13)12-27-8-6-17(7-9-27)28-14(2)24-18-10-16(20(21,22)23)4-5-19(18)28/h4-5,10-11,17H,6-9,12H2,1-3H3. The second-order valence-electron chi connectivity index (χ2n) is 7.65. The van der Waals surface area contributed by atoms with Crippen molar-refractivity contribution < 1.29 is 13.2 Å². The van der Waals surface area contributed by atoms with E-state index in [1.165, 1.54) is 5.56 Å². The first-order valence-electron chi connectivity index (χ1n) is 9.49. The third kappa shape index (κ3) is 3.53. The fourth-order valence-corrected chi connectivity index (χ4v) is 4.24. The minimum Gasteiger partial charge on any atom is -0.325 e. The second-order valence-corrected chi connectivity index (χ2v) is 7.65. The van der Waals surface area contributed by atoms with E-state index in [-0.39, 0.29) is 6.04 Å². The van der Waals surface area contributed by atoms with Gasteiger partial charge in [-0.25, -0.2) is 4.98 Å². The van der Waals surface area contributed by atoms with Crippen molar-refractivity contribution >= 4 is 11.0 Å². The first kappa shape index (κ1) is 19.0. The van der Waals surface area contributed by atoms with Crippen molar-refractivity contribution in [2.75, 3.05) is 13.1 Å². The van der Waals surface area contributed by atoms with Crippen LogP contribution in [0.25, 0.3) is 11.0 Å². The Labute approximate surface area is 161 Å². The minimum absolute atomic E-state index is 0.257. The summed E-state index contributed by atoms with van der Waals surface area (Å²) < 4.78 is 42.9. The molecule has 2 aromatic heterocycles. The average molecular weight is 391 g/mol. The lowest BCUT2D eigenvalue weighted by atomic mass is 10.0. The van der Waals surface area contributed by atoms with Crippen molar-refractivity contribution in [3.8, 4) is 0 Å². The topological polar surface area (TPSA) is 38.9 Å². The Bertz CT molecular complexity index is 993. The fraction of sp³-hybridized carbons (Fsp3) is 0.500. The molecule has 0 atom stereocenters. The van der Waals surface area contributed by atoms with Crippen LogP contribution in [0.2, 0.25) is 0 Å². The Balaban J connectivity index is 1.50. The molecule has 0 bridgehead atoms. The van der Waals surface area contributed by atoms with E-state index in [1.807, 2.05) is 25.6 Å². The molecule has 1 fully saturated rings. The predicted molar refractivity (Wildman–Crippen MR) is 101 cm³/mol. The van der Waals surface area contributed by atoms with Crippen molar-refractivity contribution in [3.63, 3.8) is 0 Å². The molecule has 0 unspecified atom stereocenters. The largest absolute Gasteiger partial charge is 0.416 e. The third-order valence-corrected chi connectivity index (χ3v) is 5.62. The van der Waals surface area contributed by atoms with Gasteiger partial charge in [0.15, 0.2) is 0 Å². The van der Waals surface area contributed by atoms with Crippen molar-refractivity contribution in [3.05, 3.63) is 47.0 Å². The molecule has 28 heavy (non-hydrogen) atoms. The highest BCUT2D eigenvalue weighted by Crippen LogP contribution is 2.34. The molecule has 0 saturated carbocycles. The molecule has 1 aliphatic heterocycles. The zero-order chi connectivity index (χ0) is 20.1. The minimum atomic E-state index is -4.35. The Morgan fingerprint density at radius 3 is 2.46 bits per heavy atom. The Hall–Kier alpha value is -2.35. The van der Waals surface area contributed by atoms with Crippen molar-refractivity contribution in [2.45, 2.75) is 45.5 Å². The summed E-state index contributed by atoms with van der Waals surface area (Å²) in [5.41, 5.74) is 2.85. The van der Waals surface area contributed by atoms with Crippen molar-refractivity contribution in [2.24, 2.45) is 7.05 Å². The lowest BCUT2D eigenvalue weighted by molar-refractivity contribution is -0.137. The van der Waals surface area contributed by atoms with Gasteiger partial charge in [0, 0.05) is 44.5 Å². The Morgan fingerprint density at radius 1 is 1.14 bits per heavy atom. The molecule has 0 amide bonds. The van der Waals surface area contributed by atoms with Crippen LogP contribution in [0, 0.1) is 13.8 Å². The molecule has 3 heterocycles. The highest BCUT2D eigenvalue weighted by atomic mass is 19.4. The van der Waals surface area contributed by atoms with Crippen LogP contribution in [-0.4, -0.2) is 37.3 Å². The number of piperidine rings is 1. The Kier molecular flexibility index (Phi) is 4.69. The number of hydrogen-bond donors (Lipinski definition) is 0. The monoisotopic (exact) mass is 391 g/mol. The summed E-state index contributed by atoms with van der Waals surface area (Å²) in [6.45, 7) is 6.67. The maximum atomic E-state index is 13.0. The second kappa shape index (κ2) is 6.92. The lowest BCUT2D eigenvalue weighted by Crippen LogP contribution is -2.34. The van der Waals surface area contributed by atoms with Crippen LogP contribution >= 0.6 is 0 Å². The van der Waals surface area contributed by atoms with Crippen LogP contribution in [0.3, 0.4) is 0 Å². The molecule has 0 aliphatic carbocycles. The molecule has 1 aliphatic rings. The lowest BCUT2D eigenvalue weighted by Gasteiger charge is -2.33. The Morgan fingerprint density at radius 2 is 1.86 bits per heavy atom. The number of likely N-dealkylation sites (tertiary alicyclic amines) is 1. The molecule has 4 rings (SSSR count). The summed E-state index contributed by atoms with van der Waals surface area (Å²) in [5.74, 6) is 0.774. The zero-order valence-corrected chi connectivity index (χ0v) is 16.3. The molecule has 5 nitrogen and oxygen atoms in total. The van der Waals surface area contributed by atoms with Gasteiger partial charge in [-0.3, -0.25) is 9.58 Å². The molecule has 0 N–H and O–H groups in total. The highest BCUT2D eigenvalue weighted by molar-refractivity contribution is 5.77. The number of hydrogen-bond acceptors (Lipinski definition) is 3. The van der Waals surface area contributed by atoms with E-state index in [0.29, 0.717) is 5.52 Å². The molecular formula is C20H24F3N5. The smallest absolute Gasteiger partial charge is 0.325 e. The summed E-state index contributed by atoms with van der Waals surface area (Å²) >= 11 is 0. The van der Waals surface area contributed by atoms with Gasteiger partial charge in [0.1, 0.15) is 5.82 Å². The van der Waals surface area contributed by atoms with E-state index in [1.54, 1.807) is 6.07 Å². The van der Waals surface area contributed by atoms with E-state index in [9.17, 15) is 13.2 Å². The summed E-state index contributed by atoms with van der Waals surface area (Å²) in [5, 5.41) is 4.40. The number of aryl methyl sites for hydroxylation is 3. The van der Waals surface area contributed by atoms with Crippen LogP contribution in [0.15, 0.2) is 24.4 Å². The summed E-state index contributed by atoms with van der Waals surface area (Å²) in [7, 11) is 1.93. The molecule has 1 saturated heterocycles. The van der Waals surface area contributed by atoms with E-state index in [0.717, 1.165) is 61.6 Å². The van der Waals surface area contributed by atoms with Gasteiger partial charge in [-0.1, -0.05) is 0 Å². The molecule has 0 spiro atoms. The third-order valence-electron chi connectivity index (χ3n) is 5.62. The number of fused-ring (bicyclic) bond motifs is 1. The van der Waals surface area contributed by atoms with Crippen LogP contribution in [0.4, 0.5) is 13.2 Å². The molecular weight excluding hydrogens is 367 g/mol. The van der Waals surface area contributed by atoms with E-state index in [2.05, 4.69) is 25.7 Å². The van der Waals surface area contributed by atoms with E-state index < -0.39 is 11.7 Å². The van der Waals surface area contributed by atoms with Gasteiger partial charge < -0.3 is 4.57 Å². The predicted octanol–water partition coefficient (Wildman–Crippen LogP) is 4.24. The van der Waals surface area contributed by atoms with Crippen LogP contribution in [-0.2, 0) is 19.8 Å². The molecule has 1 aromatic carbocycles. The van der Waals surface area contributed by atoms with Gasteiger partial charge in [-0.05, 0) is 44.9 Å². The average Bonchev–Trinajstić information content (AvgIpc) is 3.12. The van der Waals surface area contributed by atoms with Gasteiger partial charge in [0.2, 0.25) is 0 Å². The number of benzene rings is 1. The van der Waals surface area contributed by atoms with Crippen LogP contribution < -0.4 is 0 Å². The van der Waals surface area contributed by atoms with Crippen molar-refractivity contribution in [1.82, 2.24) is 24.2 Å². The molecule has 0 radical (unpaired) electrons. The molecule has 8 heteroatoms. The fourth-order valence-electron chi connectivity index (χ4n) is 4.24. The zero-order valence-electron chi connectivity index (χ0n) is 16.3. The first-order valence-corrected chi connectivity index (χ1v) is 9.49. The molecule has 3 aromatic rings. The number of halogens is 3. The first-order chi connectivity index (χ1) is 13.2. The maximum absolute atomic E-state index is 13.0. The number of nitrogens with zero attached hydrogens (tertiary/aromatic N) is 5. The molecule has 150 valence electrons.